The van der Waals surface area contributed by atoms with Gasteiger partial charge in [0.2, 0.25) is 0 Å². The number of rotatable bonds is 3. The fourth-order valence-electron chi connectivity index (χ4n) is 3.31. The number of anilines is 1. The molecule has 3 aromatic rings. The molecule has 5 nitrogen and oxygen atoms in total. The van der Waals surface area contributed by atoms with E-state index in [1.54, 1.807) is 31.2 Å². The maximum atomic E-state index is 13.2. The molecular formula is C21H13BrClNO4. The van der Waals surface area contributed by atoms with Gasteiger partial charge in [-0.2, -0.15) is 0 Å². The van der Waals surface area contributed by atoms with E-state index < -0.39 is 17.8 Å². The number of benzene rings is 3. The summed E-state index contributed by atoms with van der Waals surface area (Å²) in [7, 11) is 0. The van der Waals surface area contributed by atoms with Gasteiger partial charge in [0, 0.05) is 21.0 Å². The summed E-state index contributed by atoms with van der Waals surface area (Å²) in [5, 5.41) is 1.59. The van der Waals surface area contributed by atoms with Crippen molar-refractivity contribution in [1.82, 2.24) is 0 Å². The molecule has 3 aromatic carbocycles. The van der Waals surface area contributed by atoms with Gasteiger partial charge in [0.15, 0.2) is 0 Å². The minimum Gasteiger partial charge on any atom is -0.462 e. The van der Waals surface area contributed by atoms with E-state index in [0.717, 1.165) is 14.8 Å². The van der Waals surface area contributed by atoms with Crippen LogP contribution >= 0.6 is 27.5 Å². The number of carbonyl (C=O) groups excluding carboxylic acids is 3. The standard InChI is InChI=1S/C21H13BrClNO4/c1-2-28-21(27)15-10-11(6-9-17(15)23)24-19(25)13-5-3-4-12-16(22)8-7-14(18(12)13)20(24)26/h3-10H,2H2,1H3. The molecule has 0 unspecified atom stereocenters. The molecule has 0 N–H and O–H groups in total. The zero-order chi connectivity index (χ0) is 20.0. The van der Waals surface area contributed by atoms with E-state index in [0.29, 0.717) is 16.5 Å². The van der Waals surface area contributed by atoms with Crippen LogP contribution in [0.3, 0.4) is 0 Å². The van der Waals surface area contributed by atoms with Crippen molar-refractivity contribution in [2.45, 2.75) is 6.92 Å². The first-order valence-corrected chi connectivity index (χ1v) is 9.67. The van der Waals surface area contributed by atoms with E-state index in [-0.39, 0.29) is 22.9 Å². The minimum absolute atomic E-state index is 0.0985. The van der Waals surface area contributed by atoms with Crippen LogP contribution in [0.1, 0.15) is 38.0 Å². The highest BCUT2D eigenvalue weighted by molar-refractivity contribution is 9.10. The molecule has 1 aliphatic heterocycles. The number of esters is 1. The zero-order valence-electron chi connectivity index (χ0n) is 14.7. The van der Waals surface area contributed by atoms with Gasteiger partial charge in [0.05, 0.1) is 22.9 Å². The highest BCUT2D eigenvalue weighted by Gasteiger charge is 2.34. The maximum absolute atomic E-state index is 13.2. The number of ether oxygens (including phenoxy) is 1. The van der Waals surface area contributed by atoms with Crippen molar-refractivity contribution in [3.8, 4) is 0 Å². The number of hydrogen-bond donors (Lipinski definition) is 0. The van der Waals surface area contributed by atoms with Crippen LogP contribution in [0.4, 0.5) is 5.69 Å². The van der Waals surface area contributed by atoms with Crippen LogP contribution < -0.4 is 4.90 Å². The van der Waals surface area contributed by atoms with Crippen LogP contribution in [0.2, 0.25) is 5.02 Å². The van der Waals surface area contributed by atoms with Gasteiger partial charge in [0.25, 0.3) is 11.8 Å². The lowest BCUT2D eigenvalue weighted by atomic mass is 9.93. The summed E-state index contributed by atoms with van der Waals surface area (Å²) < 4.78 is 5.81. The van der Waals surface area contributed by atoms with Gasteiger partial charge < -0.3 is 4.74 Å². The van der Waals surface area contributed by atoms with E-state index in [1.165, 1.54) is 18.2 Å². The van der Waals surface area contributed by atoms with Crippen LogP contribution in [0.15, 0.2) is 53.0 Å². The Morgan fingerprint density at radius 1 is 1.07 bits per heavy atom. The Bertz CT molecular complexity index is 1150. The number of hydrogen-bond acceptors (Lipinski definition) is 4. The molecule has 140 valence electrons. The van der Waals surface area contributed by atoms with E-state index in [1.807, 2.05) is 6.07 Å². The minimum atomic E-state index is -0.613. The summed E-state index contributed by atoms with van der Waals surface area (Å²) in [6, 6.07) is 13.2. The monoisotopic (exact) mass is 457 g/mol. The summed E-state index contributed by atoms with van der Waals surface area (Å²) in [6.07, 6.45) is 0. The Kier molecular flexibility index (Phi) is 4.69. The number of carbonyl (C=O) groups is 3. The molecule has 1 heterocycles. The third kappa shape index (κ3) is 2.80. The molecule has 0 saturated carbocycles. The molecule has 0 aromatic heterocycles. The largest absolute Gasteiger partial charge is 0.462 e. The van der Waals surface area contributed by atoms with Crippen molar-refractivity contribution in [1.29, 1.82) is 0 Å². The van der Waals surface area contributed by atoms with Gasteiger partial charge >= 0.3 is 5.97 Å². The molecule has 0 aliphatic carbocycles. The average molecular weight is 459 g/mol. The van der Waals surface area contributed by atoms with Crippen LogP contribution in [0.5, 0.6) is 0 Å². The van der Waals surface area contributed by atoms with Crippen molar-refractivity contribution < 1.29 is 19.1 Å². The van der Waals surface area contributed by atoms with Crippen molar-refractivity contribution >= 4 is 61.8 Å². The molecular weight excluding hydrogens is 446 g/mol. The molecule has 0 saturated heterocycles. The van der Waals surface area contributed by atoms with Gasteiger partial charge in [-0.1, -0.05) is 39.7 Å². The van der Waals surface area contributed by atoms with Crippen molar-refractivity contribution in [2.75, 3.05) is 11.5 Å². The first-order chi connectivity index (χ1) is 13.4. The molecule has 1 aliphatic rings. The predicted octanol–water partition coefficient (Wildman–Crippen LogP) is 5.23. The van der Waals surface area contributed by atoms with Gasteiger partial charge in [-0.3, -0.25) is 9.59 Å². The Morgan fingerprint density at radius 3 is 2.50 bits per heavy atom. The summed E-state index contributed by atoms with van der Waals surface area (Å²) >= 11 is 9.57. The van der Waals surface area contributed by atoms with E-state index in [9.17, 15) is 14.4 Å². The number of halogens is 2. The van der Waals surface area contributed by atoms with Gasteiger partial charge in [-0.15, -0.1) is 0 Å². The SMILES string of the molecule is CCOC(=O)c1cc(N2C(=O)c3cccc4c(Br)ccc(c34)C2=O)ccc1Cl. The second-order valence-corrected chi connectivity index (χ2v) is 7.41. The molecule has 7 heteroatoms. The Balaban J connectivity index is 1.88. The molecule has 0 atom stereocenters. The lowest BCUT2D eigenvalue weighted by Crippen LogP contribution is -2.40. The smallest absolute Gasteiger partial charge is 0.339 e. The maximum Gasteiger partial charge on any atom is 0.339 e. The predicted molar refractivity (Wildman–Crippen MR) is 110 cm³/mol. The Labute approximate surface area is 174 Å². The normalized spacial score (nSPS) is 13.2. The fourth-order valence-corrected chi connectivity index (χ4v) is 3.97. The Hall–Kier alpha value is -2.70. The van der Waals surface area contributed by atoms with Crippen molar-refractivity contribution in [3.05, 3.63) is 74.7 Å². The van der Waals surface area contributed by atoms with Gasteiger partial charge in [-0.05, 0) is 48.7 Å². The molecule has 0 spiro atoms. The second-order valence-electron chi connectivity index (χ2n) is 6.15. The molecule has 2 amide bonds. The molecule has 0 fully saturated rings. The summed E-state index contributed by atoms with van der Waals surface area (Å²) in [5.74, 6) is -1.53. The van der Waals surface area contributed by atoms with Crippen LogP contribution in [-0.4, -0.2) is 24.4 Å². The second kappa shape index (κ2) is 7.04. The summed E-state index contributed by atoms with van der Waals surface area (Å²) in [5.41, 5.74) is 1.19. The molecule has 0 radical (unpaired) electrons. The molecule has 4 rings (SSSR count). The lowest BCUT2D eigenvalue weighted by Gasteiger charge is -2.27. The summed E-state index contributed by atoms with van der Waals surface area (Å²) in [6.45, 7) is 1.87. The van der Waals surface area contributed by atoms with E-state index >= 15 is 0 Å². The molecule has 0 bridgehead atoms. The third-order valence-corrected chi connectivity index (χ3v) is 5.58. The van der Waals surface area contributed by atoms with Crippen molar-refractivity contribution in [3.63, 3.8) is 0 Å². The first-order valence-electron chi connectivity index (χ1n) is 8.50. The number of amides is 2. The first kappa shape index (κ1) is 18.7. The Morgan fingerprint density at radius 2 is 1.79 bits per heavy atom. The number of imide groups is 1. The van der Waals surface area contributed by atoms with E-state index in [4.69, 9.17) is 16.3 Å². The van der Waals surface area contributed by atoms with Gasteiger partial charge in [0.1, 0.15) is 0 Å². The zero-order valence-corrected chi connectivity index (χ0v) is 17.0. The average Bonchev–Trinajstić information content (AvgIpc) is 2.68. The quantitative estimate of drug-likeness (QED) is 0.398. The third-order valence-electron chi connectivity index (χ3n) is 4.56. The molecule has 28 heavy (non-hydrogen) atoms. The van der Waals surface area contributed by atoms with Gasteiger partial charge in [-0.25, -0.2) is 9.69 Å². The van der Waals surface area contributed by atoms with E-state index in [2.05, 4.69) is 15.9 Å². The lowest BCUT2D eigenvalue weighted by molar-refractivity contribution is 0.0526. The number of nitrogens with zero attached hydrogens (tertiary/aromatic N) is 1. The highest BCUT2D eigenvalue weighted by Crippen LogP contribution is 2.36. The van der Waals surface area contributed by atoms with Crippen molar-refractivity contribution in [2.24, 2.45) is 0 Å². The van der Waals surface area contributed by atoms with Crippen LogP contribution in [0, 0.1) is 0 Å². The summed E-state index contributed by atoms with van der Waals surface area (Å²) in [4.78, 5) is 39.5. The highest BCUT2D eigenvalue weighted by atomic mass is 79.9. The topological polar surface area (TPSA) is 63.7 Å². The fraction of sp³-hybridized carbons (Fsp3) is 0.0952. The van der Waals surface area contributed by atoms with Crippen LogP contribution in [-0.2, 0) is 4.74 Å². The van der Waals surface area contributed by atoms with Crippen LogP contribution in [0.25, 0.3) is 10.8 Å².